The maximum absolute atomic E-state index is 6.20. The summed E-state index contributed by atoms with van der Waals surface area (Å²) < 4.78 is 0. The van der Waals surface area contributed by atoms with Crippen molar-refractivity contribution in [3.63, 3.8) is 0 Å². The van der Waals surface area contributed by atoms with Crippen LogP contribution >= 0.6 is 0 Å². The van der Waals surface area contributed by atoms with Crippen molar-refractivity contribution in [2.75, 3.05) is 26.2 Å². The van der Waals surface area contributed by atoms with Crippen LogP contribution < -0.4 is 5.73 Å². The maximum Gasteiger partial charge on any atom is 0.0225 e. The molecule has 2 N–H and O–H groups in total. The zero-order valence-electron chi connectivity index (χ0n) is 14.0. The summed E-state index contributed by atoms with van der Waals surface area (Å²) in [5.74, 6) is 0.948. The third kappa shape index (κ3) is 3.80. The minimum absolute atomic E-state index is 0.632. The quantitative estimate of drug-likeness (QED) is 0.865. The first-order valence-electron chi connectivity index (χ1n) is 9.47. The highest BCUT2D eigenvalue weighted by molar-refractivity contribution is 4.92. The van der Waals surface area contributed by atoms with Crippen LogP contribution in [0, 0.1) is 5.92 Å². The zero-order chi connectivity index (χ0) is 14.7. The van der Waals surface area contributed by atoms with Crippen LogP contribution in [0.5, 0.6) is 0 Å². The minimum atomic E-state index is 0.632. The topological polar surface area (TPSA) is 32.5 Å². The van der Waals surface area contributed by atoms with Crippen molar-refractivity contribution in [2.24, 2.45) is 11.7 Å². The second-order valence-corrected chi connectivity index (χ2v) is 7.82. The lowest BCUT2D eigenvalue weighted by Gasteiger charge is -2.50. The molecule has 0 aromatic heterocycles. The highest BCUT2D eigenvalue weighted by Crippen LogP contribution is 2.31. The van der Waals surface area contributed by atoms with Crippen LogP contribution in [0.15, 0.2) is 0 Å². The molecule has 0 aromatic rings. The standard InChI is InChI=1S/C18H35N3/c1-15-13-20-10-6-5-9-17(20)14-21(15)18(12-19)11-16-7-3-2-4-8-16/h15-18H,2-14,19H2,1H3. The van der Waals surface area contributed by atoms with Gasteiger partial charge in [-0.15, -0.1) is 0 Å². The molecule has 3 nitrogen and oxygen atoms in total. The number of rotatable bonds is 4. The monoisotopic (exact) mass is 293 g/mol. The predicted octanol–water partition coefficient (Wildman–Crippen LogP) is 2.84. The first kappa shape index (κ1) is 15.8. The van der Waals surface area contributed by atoms with Gasteiger partial charge in [-0.1, -0.05) is 38.5 Å². The number of hydrogen-bond donors (Lipinski definition) is 1. The summed E-state index contributed by atoms with van der Waals surface area (Å²) in [4.78, 5) is 5.53. The van der Waals surface area contributed by atoms with Gasteiger partial charge in [0.2, 0.25) is 0 Å². The summed E-state index contributed by atoms with van der Waals surface area (Å²) >= 11 is 0. The average Bonchev–Trinajstić information content (AvgIpc) is 2.53. The van der Waals surface area contributed by atoms with E-state index in [0.29, 0.717) is 12.1 Å². The van der Waals surface area contributed by atoms with E-state index in [0.717, 1.165) is 18.5 Å². The molecule has 3 atom stereocenters. The fourth-order valence-corrected chi connectivity index (χ4v) is 5.06. The Kier molecular flexibility index (Phi) is 5.58. The van der Waals surface area contributed by atoms with E-state index in [1.165, 1.54) is 77.4 Å². The number of nitrogens with zero attached hydrogens (tertiary/aromatic N) is 2. The first-order valence-corrected chi connectivity index (χ1v) is 9.47. The number of hydrogen-bond acceptors (Lipinski definition) is 3. The largest absolute Gasteiger partial charge is 0.329 e. The van der Waals surface area contributed by atoms with Crippen LogP contribution in [0.25, 0.3) is 0 Å². The molecule has 3 heteroatoms. The Morgan fingerprint density at radius 1 is 1.00 bits per heavy atom. The number of piperidine rings is 1. The molecule has 2 aliphatic heterocycles. The van der Waals surface area contributed by atoms with E-state index in [4.69, 9.17) is 5.73 Å². The van der Waals surface area contributed by atoms with Crippen molar-refractivity contribution in [3.8, 4) is 0 Å². The molecular formula is C18H35N3. The fraction of sp³-hybridized carbons (Fsp3) is 1.00. The van der Waals surface area contributed by atoms with E-state index in [-0.39, 0.29) is 0 Å². The average molecular weight is 293 g/mol. The molecule has 3 aliphatic rings. The smallest absolute Gasteiger partial charge is 0.0225 e. The molecule has 0 radical (unpaired) electrons. The molecule has 0 amide bonds. The van der Waals surface area contributed by atoms with E-state index < -0.39 is 0 Å². The van der Waals surface area contributed by atoms with Gasteiger partial charge in [0.15, 0.2) is 0 Å². The van der Waals surface area contributed by atoms with Gasteiger partial charge < -0.3 is 5.73 Å². The SMILES string of the molecule is CC1CN2CCCCC2CN1C(CN)CC1CCCCC1. The number of fused-ring (bicyclic) bond motifs is 1. The van der Waals surface area contributed by atoms with Crippen LogP contribution in [0.1, 0.15) is 64.7 Å². The maximum atomic E-state index is 6.20. The van der Waals surface area contributed by atoms with Gasteiger partial charge in [-0.05, 0) is 38.6 Å². The van der Waals surface area contributed by atoms with Crippen LogP contribution in [0.2, 0.25) is 0 Å². The summed E-state index contributed by atoms with van der Waals surface area (Å²) in [6.45, 7) is 7.16. The molecule has 3 fully saturated rings. The molecule has 0 aromatic carbocycles. The molecule has 1 aliphatic carbocycles. The molecular weight excluding hydrogens is 258 g/mol. The molecule has 1 saturated carbocycles. The van der Waals surface area contributed by atoms with Crippen LogP contribution in [0.4, 0.5) is 0 Å². The molecule has 3 unspecified atom stereocenters. The van der Waals surface area contributed by atoms with E-state index in [9.17, 15) is 0 Å². The summed E-state index contributed by atoms with van der Waals surface area (Å²) in [5, 5.41) is 0. The third-order valence-corrected chi connectivity index (χ3v) is 6.31. The Morgan fingerprint density at radius 3 is 2.52 bits per heavy atom. The van der Waals surface area contributed by atoms with Gasteiger partial charge in [-0.3, -0.25) is 9.80 Å². The lowest BCUT2D eigenvalue weighted by atomic mass is 9.83. The summed E-state index contributed by atoms with van der Waals surface area (Å²) in [5.41, 5.74) is 6.20. The normalized spacial score (nSPS) is 34.6. The van der Waals surface area contributed by atoms with Gasteiger partial charge in [-0.2, -0.15) is 0 Å². The number of nitrogens with two attached hydrogens (primary N) is 1. The van der Waals surface area contributed by atoms with E-state index in [1.807, 2.05) is 0 Å². The molecule has 2 heterocycles. The molecule has 21 heavy (non-hydrogen) atoms. The third-order valence-electron chi connectivity index (χ3n) is 6.31. The van der Waals surface area contributed by atoms with Crippen LogP contribution in [0.3, 0.4) is 0 Å². The van der Waals surface area contributed by atoms with Crippen molar-refractivity contribution >= 4 is 0 Å². The Balaban J connectivity index is 1.59. The van der Waals surface area contributed by atoms with Gasteiger partial charge in [0.05, 0.1) is 0 Å². The molecule has 2 saturated heterocycles. The Labute approximate surface area is 131 Å². The van der Waals surface area contributed by atoms with Crippen molar-refractivity contribution in [1.82, 2.24) is 9.80 Å². The van der Waals surface area contributed by atoms with Crippen molar-refractivity contribution in [2.45, 2.75) is 82.8 Å². The van der Waals surface area contributed by atoms with E-state index >= 15 is 0 Å². The predicted molar refractivity (Wildman–Crippen MR) is 89.4 cm³/mol. The molecule has 122 valence electrons. The lowest BCUT2D eigenvalue weighted by molar-refractivity contribution is -0.0122. The van der Waals surface area contributed by atoms with Gasteiger partial charge in [0.25, 0.3) is 0 Å². The Hall–Kier alpha value is -0.120. The molecule has 0 spiro atoms. The van der Waals surface area contributed by atoms with Crippen molar-refractivity contribution in [3.05, 3.63) is 0 Å². The second-order valence-electron chi connectivity index (χ2n) is 7.82. The van der Waals surface area contributed by atoms with Gasteiger partial charge in [0.1, 0.15) is 0 Å². The lowest BCUT2D eigenvalue weighted by Crippen LogP contribution is -2.62. The number of piperazine rings is 1. The van der Waals surface area contributed by atoms with Crippen LogP contribution in [-0.4, -0.2) is 54.1 Å². The highest BCUT2D eigenvalue weighted by Gasteiger charge is 2.36. The summed E-state index contributed by atoms with van der Waals surface area (Å²) in [7, 11) is 0. The van der Waals surface area contributed by atoms with E-state index in [2.05, 4.69) is 16.7 Å². The first-order chi connectivity index (χ1) is 10.3. The van der Waals surface area contributed by atoms with E-state index in [1.54, 1.807) is 0 Å². The molecule has 3 rings (SSSR count). The summed E-state index contributed by atoms with van der Waals surface area (Å²) in [6, 6.07) is 2.14. The zero-order valence-corrected chi connectivity index (χ0v) is 14.0. The van der Waals surface area contributed by atoms with Crippen molar-refractivity contribution in [1.29, 1.82) is 0 Å². The Bertz CT molecular complexity index is 314. The summed E-state index contributed by atoms with van der Waals surface area (Å²) in [6.07, 6.45) is 12.9. The second kappa shape index (κ2) is 7.43. The van der Waals surface area contributed by atoms with Gasteiger partial charge >= 0.3 is 0 Å². The fourth-order valence-electron chi connectivity index (χ4n) is 5.06. The van der Waals surface area contributed by atoms with Crippen LogP contribution in [-0.2, 0) is 0 Å². The Morgan fingerprint density at radius 2 is 1.76 bits per heavy atom. The van der Waals surface area contributed by atoms with Crippen molar-refractivity contribution < 1.29 is 0 Å². The minimum Gasteiger partial charge on any atom is -0.329 e. The highest BCUT2D eigenvalue weighted by atomic mass is 15.3. The van der Waals surface area contributed by atoms with Gasteiger partial charge in [-0.25, -0.2) is 0 Å². The van der Waals surface area contributed by atoms with Gasteiger partial charge in [0, 0.05) is 37.8 Å². The molecule has 0 bridgehead atoms.